The molecule has 6 heteroatoms. The van der Waals surface area contributed by atoms with E-state index in [9.17, 15) is 9.59 Å². The van der Waals surface area contributed by atoms with Crippen LogP contribution in [0.3, 0.4) is 0 Å². The first-order chi connectivity index (χ1) is 8.00. The summed E-state index contributed by atoms with van der Waals surface area (Å²) in [5.41, 5.74) is 5.87. The molecular formula is C11H20N4O2. The molecule has 2 aliphatic rings. The molecule has 2 rings (SSSR count). The second-order valence-corrected chi connectivity index (χ2v) is 5.09. The molecule has 0 bridgehead atoms. The van der Waals surface area contributed by atoms with Crippen LogP contribution >= 0.6 is 0 Å². The van der Waals surface area contributed by atoms with Crippen molar-refractivity contribution in [1.29, 1.82) is 0 Å². The number of carbonyl (C=O) groups excluding carboxylic acids is 2. The monoisotopic (exact) mass is 240 g/mol. The molecule has 6 nitrogen and oxygen atoms in total. The number of amides is 3. The Morgan fingerprint density at radius 1 is 1.47 bits per heavy atom. The van der Waals surface area contributed by atoms with E-state index in [1.165, 1.54) is 0 Å². The molecule has 2 saturated heterocycles. The number of carbonyl (C=O) groups is 2. The van der Waals surface area contributed by atoms with Crippen molar-refractivity contribution in [1.82, 2.24) is 15.1 Å². The molecule has 2 atom stereocenters. The molecule has 0 radical (unpaired) electrons. The lowest BCUT2D eigenvalue weighted by Gasteiger charge is -2.37. The molecule has 0 aromatic rings. The Bertz CT molecular complexity index is 331. The molecule has 3 amide bonds. The van der Waals surface area contributed by atoms with Gasteiger partial charge in [0.25, 0.3) is 0 Å². The van der Waals surface area contributed by atoms with E-state index in [-0.39, 0.29) is 23.9 Å². The Labute approximate surface area is 101 Å². The summed E-state index contributed by atoms with van der Waals surface area (Å²) < 4.78 is 0. The molecule has 0 aliphatic carbocycles. The third kappa shape index (κ3) is 2.22. The van der Waals surface area contributed by atoms with Crippen LogP contribution in [0, 0.1) is 5.92 Å². The average molecular weight is 240 g/mol. The highest BCUT2D eigenvalue weighted by Crippen LogP contribution is 2.15. The minimum atomic E-state index is -0.438. The van der Waals surface area contributed by atoms with Gasteiger partial charge in [-0.25, -0.2) is 4.79 Å². The molecule has 3 N–H and O–H groups in total. The first-order valence-electron chi connectivity index (χ1n) is 6.09. The van der Waals surface area contributed by atoms with Crippen LogP contribution in [0.1, 0.15) is 13.8 Å². The zero-order valence-electron chi connectivity index (χ0n) is 10.3. The van der Waals surface area contributed by atoms with Crippen LogP contribution in [-0.2, 0) is 4.79 Å². The summed E-state index contributed by atoms with van der Waals surface area (Å²) in [6, 6.07) is -0.346. The minimum absolute atomic E-state index is 0.000927. The smallest absolute Gasteiger partial charge is 0.317 e. The molecule has 17 heavy (non-hydrogen) atoms. The van der Waals surface area contributed by atoms with Crippen molar-refractivity contribution in [2.24, 2.45) is 11.7 Å². The highest BCUT2D eigenvalue weighted by molar-refractivity contribution is 5.83. The Kier molecular flexibility index (Phi) is 3.24. The van der Waals surface area contributed by atoms with Crippen LogP contribution in [0.5, 0.6) is 0 Å². The molecule has 0 spiro atoms. The number of rotatable bonds is 2. The summed E-state index contributed by atoms with van der Waals surface area (Å²) >= 11 is 0. The van der Waals surface area contributed by atoms with E-state index in [1.54, 1.807) is 9.80 Å². The molecule has 2 aliphatic heterocycles. The highest BCUT2D eigenvalue weighted by atomic mass is 16.2. The maximum atomic E-state index is 12.1. The van der Waals surface area contributed by atoms with Gasteiger partial charge >= 0.3 is 6.03 Å². The molecule has 0 aromatic heterocycles. The van der Waals surface area contributed by atoms with Crippen LogP contribution in [0.25, 0.3) is 0 Å². The Hall–Kier alpha value is -1.30. The van der Waals surface area contributed by atoms with E-state index in [0.717, 1.165) is 0 Å². The Morgan fingerprint density at radius 2 is 2.18 bits per heavy atom. The molecule has 96 valence electrons. The summed E-state index contributed by atoms with van der Waals surface area (Å²) in [4.78, 5) is 27.1. The maximum absolute atomic E-state index is 12.1. The SMILES string of the molecule is CC(C)[C@H](N)C(=O)N1CCN2C(=O)NCC2C1. The second kappa shape index (κ2) is 4.52. The van der Waals surface area contributed by atoms with E-state index < -0.39 is 6.04 Å². The van der Waals surface area contributed by atoms with Crippen LogP contribution in [0.15, 0.2) is 0 Å². The zero-order chi connectivity index (χ0) is 12.6. The largest absolute Gasteiger partial charge is 0.337 e. The van der Waals surface area contributed by atoms with E-state index >= 15 is 0 Å². The average Bonchev–Trinajstić information content (AvgIpc) is 2.68. The summed E-state index contributed by atoms with van der Waals surface area (Å²) in [5.74, 6) is 0.142. The predicted octanol–water partition coefficient (Wildman–Crippen LogP) is -0.794. The van der Waals surface area contributed by atoms with Gasteiger partial charge in [-0.3, -0.25) is 4.79 Å². The van der Waals surface area contributed by atoms with E-state index in [2.05, 4.69) is 5.32 Å². The van der Waals surface area contributed by atoms with Gasteiger partial charge in [0.15, 0.2) is 0 Å². The number of piperazine rings is 1. The number of urea groups is 1. The summed E-state index contributed by atoms with van der Waals surface area (Å²) in [7, 11) is 0. The van der Waals surface area contributed by atoms with Crippen molar-refractivity contribution >= 4 is 11.9 Å². The van der Waals surface area contributed by atoms with Crippen LogP contribution in [0.2, 0.25) is 0 Å². The topological polar surface area (TPSA) is 78.7 Å². The number of nitrogens with zero attached hydrogens (tertiary/aromatic N) is 2. The molecule has 1 unspecified atom stereocenters. The molecule has 0 aromatic carbocycles. The van der Waals surface area contributed by atoms with Gasteiger partial charge in [-0.15, -0.1) is 0 Å². The Morgan fingerprint density at radius 3 is 2.82 bits per heavy atom. The third-order valence-electron chi connectivity index (χ3n) is 3.55. The second-order valence-electron chi connectivity index (χ2n) is 5.09. The first kappa shape index (κ1) is 12.2. The lowest BCUT2D eigenvalue weighted by atomic mass is 10.0. The van der Waals surface area contributed by atoms with Crippen molar-refractivity contribution in [2.45, 2.75) is 25.9 Å². The number of hydrogen-bond acceptors (Lipinski definition) is 3. The van der Waals surface area contributed by atoms with Gasteiger partial charge in [-0.2, -0.15) is 0 Å². The van der Waals surface area contributed by atoms with Crippen LogP contribution < -0.4 is 11.1 Å². The number of fused-ring (bicyclic) bond motifs is 1. The fraction of sp³-hybridized carbons (Fsp3) is 0.818. The fourth-order valence-corrected chi connectivity index (χ4v) is 2.30. The number of nitrogens with two attached hydrogens (primary N) is 1. The molecule has 0 saturated carbocycles. The van der Waals surface area contributed by atoms with Crippen molar-refractivity contribution in [3.8, 4) is 0 Å². The van der Waals surface area contributed by atoms with Crippen molar-refractivity contribution in [3.63, 3.8) is 0 Å². The summed E-state index contributed by atoms with van der Waals surface area (Å²) in [6.07, 6.45) is 0. The Balaban J connectivity index is 1.97. The fourth-order valence-electron chi connectivity index (χ4n) is 2.30. The van der Waals surface area contributed by atoms with E-state index in [0.29, 0.717) is 26.2 Å². The first-order valence-corrected chi connectivity index (χ1v) is 6.09. The number of nitrogens with one attached hydrogen (secondary N) is 1. The maximum Gasteiger partial charge on any atom is 0.317 e. The van der Waals surface area contributed by atoms with Gasteiger partial charge in [-0.1, -0.05) is 13.8 Å². The standard InChI is InChI=1S/C11H20N4O2/c1-7(2)9(12)10(16)14-3-4-15-8(6-14)5-13-11(15)17/h7-9H,3-6,12H2,1-2H3,(H,13,17)/t8?,9-/m0/s1. The van der Waals surface area contributed by atoms with Gasteiger partial charge in [0, 0.05) is 26.2 Å². The van der Waals surface area contributed by atoms with Crippen molar-refractivity contribution in [3.05, 3.63) is 0 Å². The predicted molar refractivity (Wildman–Crippen MR) is 63.3 cm³/mol. The van der Waals surface area contributed by atoms with Crippen LogP contribution in [-0.4, -0.2) is 60.0 Å². The quantitative estimate of drug-likeness (QED) is 0.663. The van der Waals surface area contributed by atoms with E-state index in [4.69, 9.17) is 5.73 Å². The van der Waals surface area contributed by atoms with Crippen molar-refractivity contribution < 1.29 is 9.59 Å². The van der Waals surface area contributed by atoms with Crippen LogP contribution in [0.4, 0.5) is 4.79 Å². The minimum Gasteiger partial charge on any atom is -0.337 e. The normalized spacial score (nSPS) is 25.9. The van der Waals surface area contributed by atoms with Gasteiger partial charge in [-0.05, 0) is 5.92 Å². The summed E-state index contributed by atoms with van der Waals surface area (Å²) in [5, 5.41) is 2.79. The van der Waals surface area contributed by atoms with Gasteiger partial charge in [0.05, 0.1) is 12.1 Å². The van der Waals surface area contributed by atoms with Gasteiger partial charge < -0.3 is 20.9 Å². The van der Waals surface area contributed by atoms with Crippen molar-refractivity contribution in [2.75, 3.05) is 26.2 Å². The molecule has 2 heterocycles. The van der Waals surface area contributed by atoms with E-state index in [1.807, 2.05) is 13.8 Å². The lowest BCUT2D eigenvalue weighted by Crippen LogP contribution is -2.57. The molecular weight excluding hydrogens is 220 g/mol. The number of hydrogen-bond donors (Lipinski definition) is 2. The molecule has 2 fully saturated rings. The highest BCUT2D eigenvalue weighted by Gasteiger charge is 2.38. The zero-order valence-corrected chi connectivity index (χ0v) is 10.3. The van der Waals surface area contributed by atoms with Gasteiger partial charge in [0.1, 0.15) is 0 Å². The summed E-state index contributed by atoms with van der Waals surface area (Å²) in [6.45, 7) is 6.30. The van der Waals surface area contributed by atoms with Gasteiger partial charge in [0.2, 0.25) is 5.91 Å². The lowest BCUT2D eigenvalue weighted by molar-refractivity contribution is -0.135. The third-order valence-corrected chi connectivity index (χ3v) is 3.55.